The first-order valence-electron chi connectivity index (χ1n) is 5.32. The Morgan fingerprint density at radius 1 is 1.35 bits per heavy atom. The van der Waals surface area contributed by atoms with Gasteiger partial charge in [-0.1, -0.05) is 12.1 Å². The number of hydrogen-bond donors (Lipinski definition) is 2. The summed E-state index contributed by atoms with van der Waals surface area (Å²) in [5, 5.41) is 7.48. The van der Waals surface area contributed by atoms with Crippen LogP contribution in [0, 0.1) is 6.92 Å². The number of benzene rings is 1. The molecule has 2 aromatic rings. The number of hydrogen-bond acceptors (Lipinski definition) is 4. The number of ether oxygens (including phenoxy) is 1. The van der Waals surface area contributed by atoms with Gasteiger partial charge in [-0.15, -0.1) is 0 Å². The van der Waals surface area contributed by atoms with Crippen LogP contribution in [0.1, 0.15) is 5.69 Å². The predicted octanol–water partition coefficient (Wildman–Crippen LogP) is 2.06. The number of nitrogens with one attached hydrogen (secondary N) is 1. The molecule has 0 saturated heterocycles. The Bertz CT molecular complexity index is 533. The van der Waals surface area contributed by atoms with Gasteiger partial charge in [0.1, 0.15) is 5.75 Å². The third kappa shape index (κ3) is 2.04. The van der Waals surface area contributed by atoms with Crippen molar-refractivity contribution in [1.82, 2.24) is 9.78 Å². The molecule has 0 atom stereocenters. The van der Waals surface area contributed by atoms with Crippen molar-refractivity contribution in [1.29, 1.82) is 0 Å². The molecule has 0 aliphatic rings. The van der Waals surface area contributed by atoms with Crippen molar-refractivity contribution in [3.8, 4) is 5.75 Å². The maximum Gasteiger partial charge on any atom is 0.152 e. The second-order valence-electron chi connectivity index (χ2n) is 3.80. The van der Waals surface area contributed by atoms with Gasteiger partial charge in [-0.3, -0.25) is 4.68 Å². The lowest BCUT2D eigenvalue weighted by Crippen LogP contribution is -2.02. The topological polar surface area (TPSA) is 65.1 Å². The Hall–Kier alpha value is -2.17. The number of para-hydroxylation sites is 2. The summed E-state index contributed by atoms with van der Waals surface area (Å²) in [6.45, 7) is 1.88. The number of aryl methyl sites for hydroxylation is 2. The minimum Gasteiger partial charge on any atom is -0.495 e. The Kier molecular flexibility index (Phi) is 2.91. The Balaban J connectivity index is 2.38. The third-order valence-electron chi connectivity index (χ3n) is 2.63. The van der Waals surface area contributed by atoms with Crippen molar-refractivity contribution < 1.29 is 4.74 Å². The summed E-state index contributed by atoms with van der Waals surface area (Å²) in [5.74, 6) is 1.54. The molecule has 0 radical (unpaired) electrons. The van der Waals surface area contributed by atoms with E-state index in [4.69, 9.17) is 10.5 Å². The van der Waals surface area contributed by atoms with E-state index < -0.39 is 0 Å². The Labute approximate surface area is 100 Å². The van der Waals surface area contributed by atoms with Crippen LogP contribution in [0.4, 0.5) is 17.2 Å². The summed E-state index contributed by atoms with van der Waals surface area (Å²) in [6.07, 6.45) is 0. The van der Waals surface area contributed by atoms with E-state index in [0.717, 1.165) is 22.9 Å². The van der Waals surface area contributed by atoms with Crippen LogP contribution in [0.3, 0.4) is 0 Å². The smallest absolute Gasteiger partial charge is 0.152 e. The van der Waals surface area contributed by atoms with E-state index in [-0.39, 0.29) is 0 Å². The number of nitrogen functional groups attached to an aromatic ring is 1. The summed E-state index contributed by atoms with van der Waals surface area (Å²) in [5.41, 5.74) is 8.28. The molecule has 5 heteroatoms. The molecule has 2 rings (SSSR count). The second kappa shape index (κ2) is 4.37. The van der Waals surface area contributed by atoms with Crippen LogP contribution in [0.15, 0.2) is 24.3 Å². The van der Waals surface area contributed by atoms with E-state index in [2.05, 4.69) is 10.4 Å². The molecule has 1 aromatic carbocycles. The molecule has 0 aliphatic heterocycles. The minimum atomic E-state index is 0.651. The maximum absolute atomic E-state index is 5.96. The van der Waals surface area contributed by atoms with Gasteiger partial charge >= 0.3 is 0 Å². The van der Waals surface area contributed by atoms with Crippen LogP contribution in [-0.4, -0.2) is 16.9 Å². The van der Waals surface area contributed by atoms with Gasteiger partial charge < -0.3 is 15.8 Å². The van der Waals surface area contributed by atoms with Gasteiger partial charge in [0, 0.05) is 7.05 Å². The summed E-state index contributed by atoms with van der Waals surface area (Å²) >= 11 is 0. The van der Waals surface area contributed by atoms with Gasteiger partial charge in [0.25, 0.3) is 0 Å². The van der Waals surface area contributed by atoms with Gasteiger partial charge in [0.05, 0.1) is 24.2 Å². The van der Waals surface area contributed by atoms with Crippen LogP contribution < -0.4 is 15.8 Å². The quantitative estimate of drug-likeness (QED) is 0.850. The summed E-state index contributed by atoms with van der Waals surface area (Å²) in [7, 11) is 3.49. The first-order valence-corrected chi connectivity index (χ1v) is 5.32. The highest BCUT2D eigenvalue weighted by molar-refractivity contribution is 5.73. The molecule has 0 aliphatic carbocycles. The zero-order chi connectivity index (χ0) is 12.4. The molecule has 3 N–H and O–H groups in total. The van der Waals surface area contributed by atoms with E-state index in [0.29, 0.717) is 5.69 Å². The fraction of sp³-hybridized carbons (Fsp3) is 0.250. The van der Waals surface area contributed by atoms with E-state index >= 15 is 0 Å². The molecule has 17 heavy (non-hydrogen) atoms. The number of anilines is 3. The predicted molar refractivity (Wildman–Crippen MR) is 68.6 cm³/mol. The molecule has 90 valence electrons. The van der Waals surface area contributed by atoms with E-state index in [1.54, 1.807) is 11.8 Å². The van der Waals surface area contributed by atoms with E-state index in [9.17, 15) is 0 Å². The van der Waals surface area contributed by atoms with Crippen molar-refractivity contribution >= 4 is 17.2 Å². The van der Waals surface area contributed by atoms with Crippen LogP contribution in [0.5, 0.6) is 5.75 Å². The maximum atomic E-state index is 5.96. The monoisotopic (exact) mass is 232 g/mol. The second-order valence-corrected chi connectivity index (χ2v) is 3.80. The summed E-state index contributed by atoms with van der Waals surface area (Å²) in [4.78, 5) is 0. The molecule has 0 amide bonds. The molecule has 1 heterocycles. The average molecular weight is 232 g/mol. The molecule has 5 nitrogen and oxygen atoms in total. The number of rotatable bonds is 3. The average Bonchev–Trinajstić information content (AvgIpc) is 2.57. The van der Waals surface area contributed by atoms with Crippen molar-refractivity contribution in [2.75, 3.05) is 18.2 Å². The van der Waals surface area contributed by atoms with Gasteiger partial charge in [0.2, 0.25) is 0 Å². The highest BCUT2D eigenvalue weighted by Crippen LogP contribution is 2.30. The molecule has 0 fully saturated rings. The number of methoxy groups -OCH3 is 1. The summed E-state index contributed by atoms with van der Waals surface area (Å²) < 4.78 is 6.99. The largest absolute Gasteiger partial charge is 0.495 e. The third-order valence-corrected chi connectivity index (χ3v) is 2.63. The lowest BCUT2D eigenvalue weighted by atomic mass is 10.3. The minimum absolute atomic E-state index is 0.651. The van der Waals surface area contributed by atoms with Gasteiger partial charge in [-0.2, -0.15) is 5.10 Å². The highest BCUT2D eigenvalue weighted by atomic mass is 16.5. The lowest BCUT2D eigenvalue weighted by Gasteiger charge is -2.11. The zero-order valence-electron chi connectivity index (χ0n) is 10.2. The van der Waals surface area contributed by atoms with Crippen molar-refractivity contribution in [2.24, 2.45) is 7.05 Å². The van der Waals surface area contributed by atoms with Crippen molar-refractivity contribution in [3.63, 3.8) is 0 Å². The van der Waals surface area contributed by atoms with Crippen molar-refractivity contribution in [2.45, 2.75) is 6.92 Å². The molecule has 0 bridgehead atoms. The van der Waals surface area contributed by atoms with Crippen LogP contribution >= 0.6 is 0 Å². The normalized spacial score (nSPS) is 10.3. The standard InChI is InChI=1S/C12H16N4O/c1-8-11(13)12(16(2)15-8)14-9-6-4-5-7-10(9)17-3/h4-7,14H,13H2,1-3H3. The zero-order valence-corrected chi connectivity index (χ0v) is 10.2. The SMILES string of the molecule is COc1ccccc1Nc1c(N)c(C)nn1C. The Morgan fingerprint density at radius 3 is 2.65 bits per heavy atom. The van der Waals surface area contributed by atoms with Crippen LogP contribution in [0.2, 0.25) is 0 Å². The van der Waals surface area contributed by atoms with E-state index in [1.165, 1.54) is 0 Å². The fourth-order valence-electron chi connectivity index (χ4n) is 1.70. The molecular formula is C12H16N4O. The fourth-order valence-corrected chi connectivity index (χ4v) is 1.70. The molecule has 1 aromatic heterocycles. The summed E-state index contributed by atoms with van der Waals surface area (Å²) in [6, 6.07) is 7.68. The lowest BCUT2D eigenvalue weighted by molar-refractivity contribution is 0.417. The number of nitrogens with two attached hydrogens (primary N) is 1. The van der Waals surface area contributed by atoms with Crippen LogP contribution in [0.25, 0.3) is 0 Å². The van der Waals surface area contributed by atoms with Gasteiger partial charge in [-0.05, 0) is 19.1 Å². The molecular weight excluding hydrogens is 216 g/mol. The number of nitrogens with zero attached hydrogens (tertiary/aromatic N) is 2. The van der Waals surface area contributed by atoms with Crippen molar-refractivity contribution in [3.05, 3.63) is 30.0 Å². The first-order chi connectivity index (χ1) is 8.13. The highest BCUT2D eigenvalue weighted by Gasteiger charge is 2.11. The number of aromatic nitrogens is 2. The van der Waals surface area contributed by atoms with Gasteiger partial charge in [0.15, 0.2) is 5.82 Å². The van der Waals surface area contributed by atoms with Gasteiger partial charge in [-0.25, -0.2) is 0 Å². The molecule has 0 unspecified atom stereocenters. The van der Waals surface area contributed by atoms with Crippen LogP contribution in [-0.2, 0) is 7.05 Å². The first kappa shape index (κ1) is 11.3. The molecule has 0 saturated carbocycles. The van der Waals surface area contributed by atoms with E-state index in [1.807, 2.05) is 38.2 Å². The molecule has 0 spiro atoms. The Morgan fingerprint density at radius 2 is 2.06 bits per heavy atom.